The molecule has 5 heteroatoms. The molecule has 0 saturated heterocycles. The number of aliphatic hydroxyl groups is 1. The lowest BCUT2D eigenvalue weighted by atomic mass is 10.2. The van der Waals surface area contributed by atoms with Gasteiger partial charge in [0.15, 0.2) is 0 Å². The van der Waals surface area contributed by atoms with Crippen LogP contribution in [0.4, 0.5) is 0 Å². The van der Waals surface area contributed by atoms with E-state index in [9.17, 15) is 9.90 Å². The molecule has 0 fully saturated rings. The molecule has 0 aliphatic carbocycles. The molecule has 1 aromatic carbocycles. The standard InChI is InChI=1S/C15H23NO4/c1-3-9-16-13(15(18)19-4-2)11-20-14-8-6-5-7-12(14)10-17/h5-8,13,16-17H,3-4,9-11H2,1-2H3. The summed E-state index contributed by atoms with van der Waals surface area (Å²) in [5.74, 6) is 0.269. The van der Waals surface area contributed by atoms with Gasteiger partial charge in [-0.05, 0) is 26.0 Å². The molecule has 1 atom stereocenters. The summed E-state index contributed by atoms with van der Waals surface area (Å²) in [6, 6.07) is 6.72. The zero-order valence-electron chi connectivity index (χ0n) is 12.1. The molecule has 112 valence electrons. The zero-order valence-corrected chi connectivity index (χ0v) is 12.1. The van der Waals surface area contributed by atoms with Crippen molar-refractivity contribution in [3.8, 4) is 5.75 Å². The largest absolute Gasteiger partial charge is 0.491 e. The first-order chi connectivity index (χ1) is 9.72. The number of carbonyl (C=O) groups is 1. The molecule has 0 bridgehead atoms. The van der Waals surface area contributed by atoms with Crippen molar-refractivity contribution < 1.29 is 19.4 Å². The quantitative estimate of drug-likeness (QED) is 0.671. The van der Waals surface area contributed by atoms with E-state index in [1.165, 1.54) is 0 Å². The van der Waals surface area contributed by atoms with Crippen LogP contribution < -0.4 is 10.1 Å². The van der Waals surface area contributed by atoms with Gasteiger partial charge in [0, 0.05) is 5.56 Å². The lowest BCUT2D eigenvalue weighted by Crippen LogP contribution is -2.43. The molecule has 20 heavy (non-hydrogen) atoms. The van der Waals surface area contributed by atoms with Gasteiger partial charge in [0.2, 0.25) is 0 Å². The number of benzene rings is 1. The van der Waals surface area contributed by atoms with Crippen molar-refractivity contribution in [2.75, 3.05) is 19.8 Å². The summed E-state index contributed by atoms with van der Waals surface area (Å²) in [5, 5.41) is 12.3. The average molecular weight is 281 g/mol. The Morgan fingerprint density at radius 2 is 2.10 bits per heavy atom. The number of para-hydroxylation sites is 1. The average Bonchev–Trinajstić information content (AvgIpc) is 2.48. The third-order valence-electron chi connectivity index (χ3n) is 2.76. The Kier molecular flexibility index (Phi) is 7.69. The maximum Gasteiger partial charge on any atom is 0.326 e. The van der Waals surface area contributed by atoms with Crippen molar-refractivity contribution in [1.82, 2.24) is 5.32 Å². The highest BCUT2D eigenvalue weighted by Crippen LogP contribution is 2.17. The Labute approximate surface area is 119 Å². The molecule has 0 radical (unpaired) electrons. The molecule has 1 rings (SSSR count). The Morgan fingerprint density at radius 1 is 1.35 bits per heavy atom. The highest BCUT2D eigenvalue weighted by atomic mass is 16.5. The highest BCUT2D eigenvalue weighted by molar-refractivity contribution is 5.76. The van der Waals surface area contributed by atoms with Gasteiger partial charge in [-0.15, -0.1) is 0 Å². The Morgan fingerprint density at radius 3 is 2.75 bits per heavy atom. The van der Waals surface area contributed by atoms with Gasteiger partial charge in [-0.2, -0.15) is 0 Å². The summed E-state index contributed by atoms with van der Waals surface area (Å²) < 4.78 is 10.6. The van der Waals surface area contributed by atoms with E-state index in [1.54, 1.807) is 19.1 Å². The minimum atomic E-state index is -0.498. The summed E-state index contributed by atoms with van der Waals surface area (Å²) in [6.07, 6.45) is 0.920. The Balaban J connectivity index is 2.62. The van der Waals surface area contributed by atoms with Gasteiger partial charge < -0.3 is 19.9 Å². The fourth-order valence-corrected chi connectivity index (χ4v) is 1.72. The minimum absolute atomic E-state index is 0.0946. The van der Waals surface area contributed by atoms with Crippen molar-refractivity contribution in [1.29, 1.82) is 0 Å². The van der Waals surface area contributed by atoms with E-state index < -0.39 is 6.04 Å². The smallest absolute Gasteiger partial charge is 0.326 e. The van der Waals surface area contributed by atoms with Crippen LogP contribution in [-0.4, -0.2) is 36.9 Å². The van der Waals surface area contributed by atoms with Crippen molar-refractivity contribution in [3.63, 3.8) is 0 Å². The monoisotopic (exact) mass is 281 g/mol. The summed E-state index contributed by atoms with van der Waals surface area (Å²) >= 11 is 0. The number of hydrogen-bond acceptors (Lipinski definition) is 5. The second-order valence-corrected chi connectivity index (χ2v) is 4.34. The Hall–Kier alpha value is -1.59. The van der Waals surface area contributed by atoms with Crippen LogP contribution in [0.2, 0.25) is 0 Å². The van der Waals surface area contributed by atoms with Crippen LogP contribution in [-0.2, 0) is 16.1 Å². The number of carbonyl (C=O) groups excluding carboxylic acids is 1. The summed E-state index contributed by atoms with van der Waals surface area (Å²) in [6.45, 7) is 4.94. The van der Waals surface area contributed by atoms with Gasteiger partial charge >= 0.3 is 5.97 Å². The molecule has 0 aliphatic rings. The first kappa shape index (κ1) is 16.5. The van der Waals surface area contributed by atoms with Crippen LogP contribution >= 0.6 is 0 Å². The van der Waals surface area contributed by atoms with Crippen LogP contribution in [0.15, 0.2) is 24.3 Å². The summed E-state index contributed by atoms with van der Waals surface area (Å²) in [4.78, 5) is 11.8. The molecule has 5 nitrogen and oxygen atoms in total. The SMILES string of the molecule is CCCNC(COc1ccccc1CO)C(=O)OCC. The molecule has 1 unspecified atom stereocenters. The van der Waals surface area contributed by atoms with Gasteiger partial charge in [-0.25, -0.2) is 0 Å². The molecule has 0 amide bonds. The maximum absolute atomic E-state index is 11.8. The first-order valence-corrected chi connectivity index (χ1v) is 6.94. The number of rotatable bonds is 9. The van der Waals surface area contributed by atoms with Crippen LogP contribution in [0.1, 0.15) is 25.8 Å². The lowest BCUT2D eigenvalue weighted by Gasteiger charge is -2.18. The van der Waals surface area contributed by atoms with E-state index in [0.717, 1.165) is 6.42 Å². The van der Waals surface area contributed by atoms with Crippen molar-refractivity contribution in [3.05, 3.63) is 29.8 Å². The summed E-state index contributed by atoms with van der Waals surface area (Å²) in [7, 11) is 0. The van der Waals surface area contributed by atoms with Gasteiger partial charge in [-0.1, -0.05) is 25.1 Å². The van der Waals surface area contributed by atoms with Gasteiger partial charge in [0.05, 0.1) is 13.2 Å². The minimum Gasteiger partial charge on any atom is -0.491 e. The molecule has 0 aromatic heterocycles. The molecular weight excluding hydrogens is 258 g/mol. The van der Waals surface area contributed by atoms with E-state index in [-0.39, 0.29) is 19.2 Å². The molecule has 2 N–H and O–H groups in total. The summed E-state index contributed by atoms with van der Waals surface area (Å²) in [5.41, 5.74) is 0.700. The van der Waals surface area contributed by atoms with Crippen LogP contribution in [0.25, 0.3) is 0 Å². The molecule has 0 aliphatic heterocycles. The molecule has 1 aromatic rings. The van der Waals surface area contributed by atoms with Crippen LogP contribution in [0, 0.1) is 0 Å². The van der Waals surface area contributed by atoms with Gasteiger partial charge in [0.1, 0.15) is 18.4 Å². The van der Waals surface area contributed by atoms with Crippen LogP contribution in [0.5, 0.6) is 5.75 Å². The van der Waals surface area contributed by atoms with E-state index >= 15 is 0 Å². The normalized spacial score (nSPS) is 11.9. The fourth-order valence-electron chi connectivity index (χ4n) is 1.72. The predicted molar refractivity (Wildman–Crippen MR) is 76.6 cm³/mol. The van der Waals surface area contributed by atoms with Crippen LogP contribution in [0.3, 0.4) is 0 Å². The Bertz CT molecular complexity index is 409. The molecular formula is C15H23NO4. The predicted octanol–water partition coefficient (Wildman–Crippen LogP) is 1.49. The van der Waals surface area contributed by atoms with Gasteiger partial charge in [0.25, 0.3) is 0 Å². The van der Waals surface area contributed by atoms with Crippen molar-refractivity contribution in [2.24, 2.45) is 0 Å². The third kappa shape index (κ3) is 5.19. The molecule has 0 heterocycles. The second-order valence-electron chi connectivity index (χ2n) is 4.34. The second kappa shape index (κ2) is 9.34. The number of esters is 1. The van der Waals surface area contributed by atoms with E-state index in [1.807, 2.05) is 19.1 Å². The first-order valence-electron chi connectivity index (χ1n) is 6.94. The van der Waals surface area contributed by atoms with E-state index in [4.69, 9.17) is 9.47 Å². The third-order valence-corrected chi connectivity index (χ3v) is 2.76. The van der Waals surface area contributed by atoms with Gasteiger partial charge in [-0.3, -0.25) is 4.79 Å². The number of hydrogen-bond donors (Lipinski definition) is 2. The number of nitrogens with one attached hydrogen (secondary N) is 1. The highest BCUT2D eigenvalue weighted by Gasteiger charge is 2.20. The van der Waals surface area contributed by atoms with E-state index in [0.29, 0.717) is 24.5 Å². The lowest BCUT2D eigenvalue weighted by molar-refractivity contribution is -0.146. The number of ether oxygens (including phenoxy) is 2. The van der Waals surface area contributed by atoms with Crippen molar-refractivity contribution in [2.45, 2.75) is 32.9 Å². The molecule has 0 spiro atoms. The van der Waals surface area contributed by atoms with E-state index in [2.05, 4.69) is 5.32 Å². The fraction of sp³-hybridized carbons (Fsp3) is 0.533. The topological polar surface area (TPSA) is 67.8 Å². The number of aliphatic hydroxyl groups excluding tert-OH is 1. The zero-order chi connectivity index (χ0) is 14.8. The molecule has 0 saturated carbocycles. The maximum atomic E-state index is 11.8. The van der Waals surface area contributed by atoms with Crippen molar-refractivity contribution >= 4 is 5.97 Å².